The van der Waals surface area contributed by atoms with Crippen molar-refractivity contribution in [1.82, 2.24) is 14.9 Å². The fourth-order valence-corrected chi connectivity index (χ4v) is 2.40. The number of rotatable bonds is 3. The molecule has 0 unspecified atom stereocenters. The van der Waals surface area contributed by atoms with Crippen molar-refractivity contribution >= 4 is 17.4 Å². The minimum atomic E-state index is -4.40. The van der Waals surface area contributed by atoms with Crippen molar-refractivity contribution in [2.24, 2.45) is 0 Å². The molecule has 23 heavy (non-hydrogen) atoms. The van der Waals surface area contributed by atoms with E-state index in [-0.39, 0.29) is 18.0 Å². The highest BCUT2D eigenvalue weighted by Crippen LogP contribution is 2.29. The standard InChI is InChI=1S/C15H12F3N3OS/c1-2-12-13(23-21-20-12)14(22)19-8-4-6-10-5-3-7-11(9-10)15(16,17)18/h3,5,7,9H,2,8H2,1H3,(H,19,22). The van der Waals surface area contributed by atoms with Crippen LogP contribution in [0.3, 0.4) is 0 Å². The lowest BCUT2D eigenvalue weighted by Gasteiger charge is -2.05. The van der Waals surface area contributed by atoms with E-state index in [1.165, 1.54) is 12.1 Å². The summed E-state index contributed by atoms with van der Waals surface area (Å²) >= 11 is 0.995. The molecule has 0 saturated carbocycles. The van der Waals surface area contributed by atoms with Gasteiger partial charge < -0.3 is 5.32 Å². The monoisotopic (exact) mass is 339 g/mol. The molecule has 4 nitrogen and oxygen atoms in total. The second-order valence-corrected chi connectivity index (χ2v) is 5.22. The summed E-state index contributed by atoms with van der Waals surface area (Å²) < 4.78 is 41.4. The van der Waals surface area contributed by atoms with Gasteiger partial charge in [0.2, 0.25) is 0 Å². The number of halogens is 3. The Morgan fingerprint density at radius 2 is 2.17 bits per heavy atom. The molecule has 8 heteroatoms. The number of amides is 1. The number of aryl methyl sites for hydroxylation is 1. The second kappa shape index (κ2) is 7.24. The van der Waals surface area contributed by atoms with Crippen molar-refractivity contribution in [2.75, 3.05) is 6.54 Å². The highest BCUT2D eigenvalue weighted by atomic mass is 32.1. The second-order valence-electron chi connectivity index (χ2n) is 4.47. The third-order valence-corrected chi connectivity index (χ3v) is 3.62. The number of carbonyl (C=O) groups excluding carboxylic acids is 1. The topological polar surface area (TPSA) is 54.9 Å². The maximum Gasteiger partial charge on any atom is 0.416 e. The van der Waals surface area contributed by atoms with Crippen molar-refractivity contribution < 1.29 is 18.0 Å². The normalized spacial score (nSPS) is 10.8. The van der Waals surface area contributed by atoms with Gasteiger partial charge >= 0.3 is 6.18 Å². The first-order chi connectivity index (χ1) is 10.9. The Labute approximate surface area is 134 Å². The summed E-state index contributed by atoms with van der Waals surface area (Å²) in [7, 11) is 0. The van der Waals surface area contributed by atoms with Gasteiger partial charge in [-0.1, -0.05) is 29.3 Å². The zero-order chi connectivity index (χ0) is 16.9. The lowest BCUT2D eigenvalue weighted by atomic mass is 10.1. The van der Waals surface area contributed by atoms with Gasteiger partial charge in [-0.2, -0.15) is 13.2 Å². The molecule has 2 aromatic rings. The van der Waals surface area contributed by atoms with Crippen LogP contribution in [-0.4, -0.2) is 22.0 Å². The lowest BCUT2D eigenvalue weighted by molar-refractivity contribution is -0.137. The molecule has 0 radical (unpaired) electrons. The van der Waals surface area contributed by atoms with Crippen LogP contribution in [0.2, 0.25) is 0 Å². The third-order valence-electron chi connectivity index (χ3n) is 2.86. The maximum atomic E-state index is 12.6. The molecular formula is C15H12F3N3OS. The summed E-state index contributed by atoms with van der Waals surface area (Å²) in [6.45, 7) is 1.89. The molecule has 2 rings (SSSR count). The van der Waals surface area contributed by atoms with E-state index in [1.54, 1.807) is 0 Å². The molecule has 1 aromatic heterocycles. The van der Waals surface area contributed by atoms with Crippen LogP contribution in [0.25, 0.3) is 0 Å². The fraction of sp³-hybridized carbons (Fsp3) is 0.267. The molecule has 1 N–H and O–H groups in total. The Hall–Kier alpha value is -2.40. The summed E-state index contributed by atoms with van der Waals surface area (Å²) in [6, 6.07) is 4.72. The summed E-state index contributed by atoms with van der Waals surface area (Å²) in [6.07, 6.45) is -3.81. The Morgan fingerprint density at radius 3 is 2.87 bits per heavy atom. The van der Waals surface area contributed by atoms with Crippen molar-refractivity contribution in [3.63, 3.8) is 0 Å². The average molecular weight is 339 g/mol. The number of nitrogens with one attached hydrogen (secondary N) is 1. The fourth-order valence-electron chi connectivity index (χ4n) is 1.74. The Morgan fingerprint density at radius 1 is 1.39 bits per heavy atom. The molecule has 0 aliphatic carbocycles. The van der Waals surface area contributed by atoms with Crippen molar-refractivity contribution in [2.45, 2.75) is 19.5 Å². The number of hydrogen-bond donors (Lipinski definition) is 1. The van der Waals surface area contributed by atoms with E-state index in [0.717, 1.165) is 23.7 Å². The van der Waals surface area contributed by atoms with E-state index in [1.807, 2.05) is 6.92 Å². The van der Waals surface area contributed by atoms with E-state index in [2.05, 4.69) is 26.7 Å². The maximum absolute atomic E-state index is 12.6. The molecule has 0 spiro atoms. The van der Waals surface area contributed by atoms with E-state index in [4.69, 9.17) is 0 Å². The van der Waals surface area contributed by atoms with Crippen LogP contribution >= 0.6 is 11.5 Å². The first kappa shape index (κ1) is 17.0. The quantitative estimate of drug-likeness (QED) is 0.875. The first-order valence-electron chi connectivity index (χ1n) is 6.67. The SMILES string of the molecule is CCc1nnsc1C(=O)NCC#Cc1cccc(C(F)(F)F)c1. The average Bonchev–Trinajstić information content (AvgIpc) is 2.99. The van der Waals surface area contributed by atoms with Gasteiger partial charge in [0.05, 0.1) is 17.8 Å². The summed E-state index contributed by atoms with van der Waals surface area (Å²) in [5.41, 5.74) is 0.0952. The van der Waals surface area contributed by atoms with Crippen LogP contribution in [0.1, 0.15) is 33.4 Å². The zero-order valence-electron chi connectivity index (χ0n) is 12.1. The number of benzene rings is 1. The van der Waals surface area contributed by atoms with Crippen LogP contribution in [0.4, 0.5) is 13.2 Å². The first-order valence-corrected chi connectivity index (χ1v) is 7.44. The number of hydrogen-bond acceptors (Lipinski definition) is 4. The van der Waals surface area contributed by atoms with Crippen LogP contribution in [-0.2, 0) is 12.6 Å². The summed E-state index contributed by atoms with van der Waals surface area (Å²) in [4.78, 5) is 12.3. The van der Waals surface area contributed by atoms with Gasteiger partial charge in [-0.3, -0.25) is 4.79 Å². The van der Waals surface area contributed by atoms with Gasteiger partial charge in [-0.15, -0.1) is 5.10 Å². The predicted molar refractivity (Wildman–Crippen MR) is 79.9 cm³/mol. The Bertz CT molecular complexity index is 759. The molecule has 0 fully saturated rings. The summed E-state index contributed by atoms with van der Waals surface area (Å²) in [5, 5.41) is 6.40. The van der Waals surface area contributed by atoms with Gasteiger partial charge in [-0.05, 0) is 36.2 Å². The predicted octanol–water partition coefficient (Wildman–Crippen LogP) is 2.90. The van der Waals surface area contributed by atoms with Crippen molar-refractivity contribution in [3.05, 3.63) is 46.0 Å². The smallest absolute Gasteiger partial charge is 0.340 e. The molecule has 120 valence electrons. The van der Waals surface area contributed by atoms with Crippen molar-refractivity contribution in [3.8, 4) is 11.8 Å². The van der Waals surface area contributed by atoms with E-state index in [9.17, 15) is 18.0 Å². The summed E-state index contributed by atoms with van der Waals surface area (Å²) in [5.74, 6) is 4.88. The number of alkyl halides is 3. The minimum absolute atomic E-state index is 0.0239. The van der Waals surface area contributed by atoms with E-state index < -0.39 is 11.7 Å². The van der Waals surface area contributed by atoms with E-state index >= 15 is 0 Å². The van der Waals surface area contributed by atoms with Gasteiger partial charge in [0.25, 0.3) is 5.91 Å². The lowest BCUT2D eigenvalue weighted by Crippen LogP contribution is -2.23. The molecule has 0 aliphatic heterocycles. The number of aromatic nitrogens is 2. The third kappa shape index (κ3) is 4.53. The zero-order valence-corrected chi connectivity index (χ0v) is 12.9. The van der Waals surface area contributed by atoms with Gasteiger partial charge in [-0.25, -0.2) is 0 Å². The number of nitrogens with zero attached hydrogens (tertiary/aromatic N) is 2. The molecule has 0 bridgehead atoms. The highest BCUT2D eigenvalue weighted by Gasteiger charge is 2.30. The molecule has 1 amide bonds. The van der Waals surface area contributed by atoms with Crippen LogP contribution in [0.15, 0.2) is 24.3 Å². The molecule has 1 heterocycles. The molecule has 0 atom stereocenters. The molecule has 0 saturated heterocycles. The Kier molecular flexibility index (Phi) is 5.34. The van der Waals surface area contributed by atoms with Crippen LogP contribution < -0.4 is 5.32 Å². The van der Waals surface area contributed by atoms with Gasteiger partial charge in [0.1, 0.15) is 4.88 Å². The van der Waals surface area contributed by atoms with Gasteiger partial charge in [0, 0.05) is 5.56 Å². The largest absolute Gasteiger partial charge is 0.416 e. The molecule has 1 aromatic carbocycles. The molecular weight excluding hydrogens is 327 g/mol. The minimum Gasteiger partial charge on any atom is -0.340 e. The molecule has 0 aliphatic rings. The van der Waals surface area contributed by atoms with Crippen LogP contribution in [0, 0.1) is 11.8 Å². The van der Waals surface area contributed by atoms with Gasteiger partial charge in [0.15, 0.2) is 0 Å². The Balaban J connectivity index is 1.98. The van der Waals surface area contributed by atoms with Crippen molar-refractivity contribution in [1.29, 1.82) is 0 Å². The van der Waals surface area contributed by atoms with E-state index in [0.29, 0.717) is 17.0 Å². The van der Waals surface area contributed by atoms with Crippen LogP contribution in [0.5, 0.6) is 0 Å². The highest BCUT2D eigenvalue weighted by molar-refractivity contribution is 7.08. The number of carbonyl (C=O) groups is 1.